The third-order valence-corrected chi connectivity index (χ3v) is 14.8. The number of amides is 7. The molecule has 7 amide bonds. The van der Waals surface area contributed by atoms with E-state index in [0.717, 1.165) is 73.7 Å². The van der Waals surface area contributed by atoms with Crippen LogP contribution in [0.25, 0.3) is 0 Å². The summed E-state index contributed by atoms with van der Waals surface area (Å²) in [6.07, 6.45) is 5.36. The third-order valence-electron chi connectivity index (χ3n) is 12.9. The first-order valence-corrected chi connectivity index (χ1v) is 23.7. The van der Waals surface area contributed by atoms with Crippen LogP contribution in [0, 0.1) is 5.82 Å². The Bertz CT molecular complexity index is 2560. The molecule has 0 saturated carbocycles. The molecule has 3 fully saturated rings. The average molecular weight is 923 g/mol. The van der Waals surface area contributed by atoms with E-state index in [0.29, 0.717) is 53.3 Å². The van der Waals surface area contributed by atoms with E-state index in [9.17, 15) is 43.1 Å². The molecular formula is C46H47FN8O8S2. The Balaban J connectivity index is 0.726. The smallest absolute Gasteiger partial charge is 0.263 e. The van der Waals surface area contributed by atoms with Gasteiger partial charge in [0.1, 0.15) is 23.7 Å². The molecule has 0 bridgehead atoms. The summed E-state index contributed by atoms with van der Waals surface area (Å²) in [6, 6.07) is 12.2. The van der Waals surface area contributed by atoms with Crippen molar-refractivity contribution < 1.29 is 43.1 Å². The van der Waals surface area contributed by atoms with Crippen LogP contribution >= 0.6 is 23.1 Å². The number of aromatic hydroxyl groups is 1. The molecule has 19 heteroatoms. The van der Waals surface area contributed by atoms with E-state index in [1.165, 1.54) is 40.3 Å². The molecule has 338 valence electrons. The van der Waals surface area contributed by atoms with Gasteiger partial charge < -0.3 is 19.8 Å². The quantitative estimate of drug-likeness (QED) is 0.0945. The van der Waals surface area contributed by atoms with Crippen LogP contribution in [-0.4, -0.2) is 128 Å². The van der Waals surface area contributed by atoms with Gasteiger partial charge in [0.25, 0.3) is 23.6 Å². The van der Waals surface area contributed by atoms with Crippen molar-refractivity contribution in [2.45, 2.75) is 74.5 Å². The number of unbranched alkanes of at least 4 members (excludes halogenated alkanes) is 1. The molecule has 3 saturated heterocycles. The Kier molecular flexibility index (Phi) is 12.7. The number of carbonyl (C=O) groups is 7. The highest BCUT2D eigenvalue weighted by Gasteiger charge is 2.46. The lowest BCUT2D eigenvalue weighted by atomic mass is 10.0. The molecule has 65 heavy (non-hydrogen) atoms. The number of hydrogen-bond acceptors (Lipinski definition) is 13. The van der Waals surface area contributed by atoms with Gasteiger partial charge in [0.05, 0.1) is 11.1 Å². The van der Waals surface area contributed by atoms with Gasteiger partial charge in [-0.15, -0.1) is 23.1 Å². The molecule has 0 radical (unpaired) electrons. The number of phenolic OH excluding ortho intramolecular Hbond substituents is 1. The number of benzene rings is 3. The van der Waals surface area contributed by atoms with E-state index in [2.05, 4.69) is 25.4 Å². The average Bonchev–Trinajstić information content (AvgIpc) is 4.01. The molecule has 4 aromatic rings. The lowest BCUT2D eigenvalue weighted by molar-refractivity contribution is -0.136. The Morgan fingerprint density at radius 2 is 1.71 bits per heavy atom. The van der Waals surface area contributed by atoms with Gasteiger partial charge in [-0.1, -0.05) is 12.1 Å². The maximum atomic E-state index is 14.4. The number of halogens is 1. The number of thioether (sulfide) groups is 1. The summed E-state index contributed by atoms with van der Waals surface area (Å²) in [6.45, 7) is 4.55. The van der Waals surface area contributed by atoms with Gasteiger partial charge >= 0.3 is 0 Å². The predicted octanol–water partition coefficient (Wildman–Crippen LogP) is 4.80. The van der Waals surface area contributed by atoms with Gasteiger partial charge in [-0.2, -0.15) is 0 Å². The van der Waals surface area contributed by atoms with Gasteiger partial charge in [-0.3, -0.25) is 54.0 Å². The fourth-order valence-corrected chi connectivity index (χ4v) is 11.1. The zero-order chi connectivity index (χ0) is 45.4. The molecule has 0 aliphatic carbocycles. The minimum Gasteiger partial charge on any atom is -0.508 e. The molecule has 1 aromatic heterocycles. The highest BCUT2D eigenvalue weighted by atomic mass is 32.2. The van der Waals surface area contributed by atoms with Gasteiger partial charge in [-0.25, -0.2) is 9.37 Å². The van der Waals surface area contributed by atoms with E-state index in [4.69, 9.17) is 0 Å². The van der Waals surface area contributed by atoms with Crippen molar-refractivity contribution in [3.8, 4) is 5.75 Å². The predicted molar refractivity (Wildman–Crippen MR) is 239 cm³/mol. The molecule has 3 N–H and O–H groups in total. The Morgan fingerprint density at radius 3 is 2.46 bits per heavy atom. The van der Waals surface area contributed by atoms with E-state index < -0.39 is 47.4 Å². The molecule has 6 heterocycles. The molecule has 9 rings (SSSR count). The number of carbonyl (C=O) groups excluding carboxylic acids is 7. The van der Waals surface area contributed by atoms with Gasteiger partial charge in [0, 0.05) is 98.0 Å². The monoisotopic (exact) mass is 922 g/mol. The van der Waals surface area contributed by atoms with Crippen LogP contribution in [0.5, 0.6) is 5.75 Å². The van der Waals surface area contributed by atoms with E-state index >= 15 is 0 Å². The number of anilines is 2. The minimum absolute atomic E-state index is 0.0180. The van der Waals surface area contributed by atoms with Crippen LogP contribution in [0.1, 0.15) is 93.2 Å². The van der Waals surface area contributed by atoms with Crippen LogP contribution in [0.2, 0.25) is 0 Å². The first-order chi connectivity index (χ1) is 31.4. The second kappa shape index (κ2) is 18.7. The second-order valence-electron chi connectivity index (χ2n) is 16.8. The van der Waals surface area contributed by atoms with E-state index in [1.54, 1.807) is 23.6 Å². The number of piperazine rings is 1. The zero-order valence-electron chi connectivity index (χ0n) is 35.4. The van der Waals surface area contributed by atoms with Crippen molar-refractivity contribution in [3.05, 3.63) is 99.8 Å². The lowest BCUT2D eigenvalue weighted by Crippen LogP contribution is -2.54. The van der Waals surface area contributed by atoms with Crippen molar-refractivity contribution in [2.24, 2.45) is 0 Å². The molecule has 5 aliphatic rings. The molecule has 16 nitrogen and oxygen atoms in total. The van der Waals surface area contributed by atoms with Crippen LogP contribution in [-0.2, 0) is 25.7 Å². The fraction of sp³-hybridized carbons (Fsp3) is 0.391. The van der Waals surface area contributed by atoms with E-state index in [1.807, 2.05) is 23.1 Å². The SMILES string of the molecule is O=C1CCC(N2C(=O)c3cccc(SCCCCC(=O)N4CCN(C5CCN(c6ccc7c(c6)C(=O)N(C(C(=O)Nc6nccs6)c6cc(F)ccc6O)C7)CC5)CC4)c3C2=O)C(=O)N1. The normalized spacial score (nSPS) is 19.7. The van der Waals surface area contributed by atoms with Crippen molar-refractivity contribution in [3.63, 3.8) is 0 Å². The van der Waals surface area contributed by atoms with E-state index in [-0.39, 0.29) is 53.6 Å². The maximum Gasteiger partial charge on any atom is 0.263 e. The Morgan fingerprint density at radius 1 is 0.908 bits per heavy atom. The highest BCUT2D eigenvalue weighted by Crippen LogP contribution is 2.39. The maximum absolute atomic E-state index is 14.4. The minimum atomic E-state index is -1.30. The number of nitrogens with zero attached hydrogens (tertiary/aromatic N) is 6. The molecule has 0 spiro atoms. The standard InChI is InChI=1S/C46H47FN8O8S2/c47-28-8-11-35(56)33(24-28)40(42(60)50-46-48-15-23-65-46)54-26-27-7-9-30(25-32(27)43(54)61)51-16-13-29(14-17-51)52-18-20-53(21-19-52)38(58)6-1-2-22-64-36-5-3-4-31-39(36)45(63)55(44(31)62)34-10-12-37(57)49-41(34)59/h3-5,7-9,11,15,23-25,29,34,40,56H,1-2,6,10,12-14,16-22,26H2,(H,48,50,60)(H,49,57,59). The fourth-order valence-electron chi connectivity index (χ4n) is 9.52. The number of rotatable bonds is 13. The summed E-state index contributed by atoms with van der Waals surface area (Å²) in [4.78, 5) is 105. The molecule has 5 aliphatic heterocycles. The molecule has 2 atom stereocenters. The number of aromatic nitrogens is 1. The topological polar surface area (TPSA) is 193 Å². The largest absolute Gasteiger partial charge is 0.508 e. The van der Waals surface area contributed by atoms with Crippen molar-refractivity contribution >= 4 is 75.3 Å². The number of hydrogen-bond donors (Lipinski definition) is 3. The van der Waals surface area contributed by atoms with Crippen LogP contribution in [0.15, 0.2) is 71.1 Å². The van der Waals surface area contributed by atoms with Gasteiger partial charge in [0.2, 0.25) is 17.7 Å². The zero-order valence-corrected chi connectivity index (χ0v) is 37.0. The lowest BCUT2D eigenvalue weighted by Gasteiger charge is -2.43. The number of piperidine rings is 2. The van der Waals surface area contributed by atoms with Crippen molar-refractivity contribution in [1.29, 1.82) is 0 Å². The third kappa shape index (κ3) is 8.96. The number of imide groups is 2. The number of nitrogens with one attached hydrogen (secondary N) is 2. The highest BCUT2D eigenvalue weighted by molar-refractivity contribution is 7.99. The Labute approximate surface area is 382 Å². The summed E-state index contributed by atoms with van der Waals surface area (Å²) >= 11 is 2.66. The molecule has 2 unspecified atom stereocenters. The van der Waals surface area contributed by atoms with Crippen molar-refractivity contribution in [2.75, 3.05) is 55.2 Å². The number of phenols is 1. The number of thiazole rings is 1. The second-order valence-corrected chi connectivity index (χ2v) is 18.8. The first-order valence-electron chi connectivity index (χ1n) is 21.8. The summed E-state index contributed by atoms with van der Waals surface area (Å²) in [7, 11) is 0. The van der Waals surface area contributed by atoms with Crippen molar-refractivity contribution in [1.82, 2.24) is 29.9 Å². The summed E-state index contributed by atoms with van der Waals surface area (Å²) in [5.41, 5.74) is 2.61. The summed E-state index contributed by atoms with van der Waals surface area (Å²) in [5.74, 6) is -3.30. The van der Waals surface area contributed by atoms with Gasteiger partial charge in [0.15, 0.2) is 5.13 Å². The first kappa shape index (κ1) is 44.0. The summed E-state index contributed by atoms with van der Waals surface area (Å²) < 4.78 is 14.4. The number of fused-ring (bicyclic) bond motifs is 2. The van der Waals surface area contributed by atoms with Crippen LogP contribution in [0.3, 0.4) is 0 Å². The molecule has 3 aromatic carbocycles. The van der Waals surface area contributed by atoms with Gasteiger partial charge in [-0.05, 0) is 85.9 Å². The van der Waals surface area contributed by atoms with Crippen LogP contribution < -0.4 is 15.5 Å². The van der Waals surface area contributed by atoms with Crippen LogP contribution in [0.4, 0.5) is 15.2 Å². The Hall–Kier alpha value is -6.18. The molecular weight excluding hydrogens is 876 g/mol. The summed E-state index contributed by atoms with van der Waals surface area (Å²) in [5, 5.41) is 17.7.